The van der Waals surface area contributed by atoms with Crippen molar-refractivity contribution in [3.8, 4) is 0 Å². The van der Waals surface area contributed by atoms with Gasteiger partial charge in [0.25, 0.3) is 0 Å². The minimum Gasteiger partial charge on any atom is -0.468 e. The van der Waals surface area contributed by atoms with E-state index in [2.05, 4.69) is 9.84 Å². The number of rotatable bonds is 3. The highest BCUT2D eigenvalue weighted by Gasteiger charge is 2.22. The Morgan fingerprint density at radius 1 is 1.79 bits per heavy atom. The maximum absolute atomic E-state index is 11.3. The van der Waals surface area contributed by atoms with Crippen LogP contribution in [0.25, 0.3) is 0 Å². The third-order valence-electron chi connectivity index (χ3n) is 2.21. The Labute approximate surface area is 82.8 Å². The lowest BCUT2D eigenvalue weighted by molar-refractivity contribution is -0.142. The molecule has 1 aromatic rings. The summed E-state index contributed by atoms with van der Waals surface area (Å²) in [6.07, 6.45) is 0. The molecule has 0 aliphatic heterocycles. The molecule has 5 heteroatoms. The van der Waals surface area contributed by atoms with E-state index in [9.17, 15) is 4.79 Å². The fraction of sp³-hybridized carbons (Fsp3) is 0.556. The van der Waals surface area contributed by atoms with Gasteiger partial charge in [-0.1, -0.05) is 0 Å². The molecule has 0 aliphatic rings. The van der Waals surface area contributed by atoms with Gasteiger partial charge in [0.05, 0.1) is 12.8 Å². The van der Waals surface area contributed by atoms with Crippen LogP contribution in [0, 0.1) is 6.92 Å². The number of ether oxygens (including phenoxy) is 1. The van der Waals surface area contributed by atoms with Gasteiger partial charge in [0.1, 0.15) is 5.92 Å². The number of esters is 1. The molecule has 78 valence electrons. The van der Waals surface area contributed by atoms with E-state index in [1.165, 1.54) is 7.11 Å². The highest BCUT2D eigenvalue weighted by atomic mass is 16.5. The molecule has 14 heavy (non-hydrogen) atoms. The fourth-order valence-corrected chi connectivity index (χ4v) is 1.24. The molecule has 1 rings (SSSR count). The second-order valence-electron chi connectivity index (χ2n) is 3.15. The first kappa shape index (κ1) is 10.7. The van der Waals surface area contributed by atoms with Crippen LogP contribution in [-0.4, -0.2) is 29.4 Å². The topological polar surface area (TPSA) is 70.1 Å². The molecule has 0 fully saturated rings. The van der Waals surface area contributed by atoms with Crippen molar-refractivity contribution in [1.29, 1.82) is 0 Å². The Kier molecular flexibility index (Phi) is 3.24. The third-order valence-corrected chi connectivity index (χ3v) is 2.21. The van der Waals surface area contributed by atoms with Crippen LogP contribution in [-0.2, 0) is 16.6 Å². The molecule has 1 atom stereocenters. The van der Waals surface area contributed by atoms with E-state index < -0.39 is 5.92 Å². The molecule has 5 nitrogen and oxygen atoms in total. The lowest BCUT2D eigenvalue weighted by atomic mass is 10.1. The van der Waals surface area contributed by atoms with Crippen molar-refractivity contribution < 1.29 is 9.53 Å². The first-order valence-electron chi connectivity index (χ1n) is 4.38. The van der Waals surface area contributed by atoms with Gasteiger partial charge in [0.15, 0.2) is 0 Å². The summed E-state index contributed by atoms with van der Waals surface area (Å²) in [7, 11) is 3.17. The average molecular weight is 197 g/mol. The average Bonchev–Trinajstić information content (AvgIpc) is 2.48. The van der Waals surface area contributed by atoms with Crippen molar-refractivity contribution >= 4 is 5.97 Å². The zero-order valence-electron chi connectivity index (χ0n) is 8.65. The first-order valence-corrected chi connectivity index (χ1v) is 4.38. The monoisotopic (exact) mass is 197 g/mol. The minimum atomic E-state index is -0.458. The third kappa shape index (κ3) is 1.93. The van der Waals surface area contributed by atoms with Crippen LogP contribution in [0.1, 0.15) is 17.3 Å². The van der Waals surface area contributed by atoms with Crippen LogP contribution < -0.4 is 5.73 Å². The van der Waals surface area contributed by atoms with Crippen LogP contribution in [0.5, 0.6) is 0 Å². The predicted molar refractivity (Wildman–Crippen MR) is 51.8 cm³/mol. The zero-order chi connectivity index (χ0) is 10.7. The summed E-state index contributed by atoms with van der Waals surface area (Å²) in [5.74, 6) is -0.800. The predicted octanol–water partition coefficient (Wildman–Crippen LogP) is -0.0562. The van der Waals surface area contributed by atoms with Gasteiger partial charge in [-0.25, -0.2) is 0 Å². The van der Waals surface area contributed by atoms with Crippen molar-refractivity contribution in [2.45, 2.75) is 12.8 Å². The maximum atomic E-state index is 11.3. The van der Waals surface area contributed by atoms with E-state index in [1.807, 2.05) is 20.0 Å². The molecule has 2 N–H and O–H groups in total. The number of nitrogens with two attached hydrogens (primary N) is 1. The summed E-state index contributed by atoms with van der Waals surface area (Å²) in [5, 5.41) is 4.19. The number of methoxy groups -OCH3 is 1. The fourth-order valence-electron chi connectivity index (χ4n) is 1.24. The molecule has 1 unspecified atom stereocenters. The Bertz CT molecular complexity index is 313. The SMILES string of the molecule is COC(=O)C(CN)c1cc(C)n(C)n1. The molecule has 0 aliphatic carbocycles. The van der Waals surface area contributed by atoms with E-state index in [0.29, 0.717) is 5.69 Å². The van der Waals surface area contributed by atoms with Crippen LogP contribution >= 0.6 is 0 Å². The van der Waals surface area contributed by atoms with E-state index in [-0.39, 0.29) is 12.5 Å². The van der Waals surface area contributed by atoms with Crippen molar-refractivity contribution in [3.05, 3.63) is 17.5 Å². The number of aryl methyl sites for hydroxylation is 2. The van der Waals surface area contributed by atoms with Crippen molar-refractivity contribution in [3.63, 3.8) is 0 Å². The maximum Gasteiger partial charge on any atom is 0.316 e. The first-order chi connectivity index (χ1) is 6.60. The standard InChI is InChI=1S/C9H15N3O2/c1-6-4-8(11-12(6)2)7(5-10)9(13)14-3/h4,7H,5,10H2,1-3H3. The molecular weight excluding hydrogens is 182 g/mol. The Hall–Kier alpha value is -1.36. The minimum absolute atomic E-state index is 0.211. The molecule has 0 spiro atoms. The molecule has 0 radical (unpaired) electrons. The molecular formula is C9H15N3O2. The van der Waals surface area contributed by atoms with Crippen molar-refractivity contribution in [2.24, 2.45) is 12.8 Å². The summed E-state index contributed by atoms with van der Waals surface area (Å²) in [6, 6.07) is 1.84. The van der Waals surface area contributed by atoms with Gasteiger partial charge in [0, 0.05) is 19.3 Å². The molecule has 1 aromatic heterocycles. The zero-order valence-corrected chi connectivity index (χ0v) is 8.65. The van der Waals surface area contributed by atoms with Gasteiger partial charge in [-0.15, -0.1) is 0 Å². The van der Waals surface area contributed by atoms with E-state index >= 15 is 0 Å². The second kappa shape index (κ2) is 4.23. The Morgan fingerprint density at radius 3 is 2.79 bits per heavy atom. The summed E-state index contributed by atoms with van der Waals surface area (Å²) in [6.45, 7) is 2.13. The highest BCUT2D eigenvalue weighted by Crippen LogP contribution is 2.15. The van der Waals surface area contributed by atoms with Crippen molar-refractivity contribution in [1.82, 2.24) is 9.78 Å². The number of hydrogen-bond donors (Lipinski definition) is 1. The lowest BCUT2D eigenvalue weighted by Gasteiger charge is -2.08. The summed E-state index contributed by atoms with van der Waals surface area (Å²) in [5.41, 5.74) is 7.14. The van der Waals surface area contributed by atoms with Crippen LogP contribution in [0.2, 0.25) is 0 Å². The van der Waals surface area contributed by atoms with Gasteiger partial charge in [0.2, 0.25) is 0 Å². The van der Waals surface area contributed by atoms with E-state index in [4.69, 9.17) is 5.73 Å². The van der Waals surface area contributed by atoms with E-state index in [1.54, 1.807) is 4.68 Å². The molecule has 0 aromatic carbocycles. The van der Waals surface area contributed by atoms with Gasteiger partial charge in [-0.05, 0) is 13.0 Å². The molecule has 0 amide bonds. The Balaban J connectivity index is 2.95. The normalized spacial score (nSPS) is 12.6. The summed E-state index contributed by atoms with van der Waals surface area (Å²) < 4.78 is 6.35. The smallest absolute Gasteiger partial charge is 0.316 e. The number of aromatic nitrogens is 2. The van der Waals surface area contributed by atoms with Crippen molar-refractivity contribution in [2.75, 3.05) is 13.7 Å². The Morgan fingerprint density at radius 2 is 2.43 bits per heavy atom. The molecule has 1 heterocycles. The van der Waals surface area contributed by atoms with Gasteiger partial charge >= 0.3 is 5.97 Å². The molecule has 0 saturated carbocycles. The lowest BCUT2D eigenvalue weighted by Crippen LogP contribution is -2.23. The number of carbonyl (C=O) groups is 1. The largest absolute Gasteiger partial charge is 0.468 e. The molecule has 0 bridgehead atoms. The second-order valence-corrected chi connectivity index (χ2v) is 3.15. The van der Waals surface area contributed by atoms with Crippen LogP contribution in [0.4, 0.5) is 0 Å². The summed E-state index contributed by atoms with van der Waals surface area (Å²) in [4.78, 5) is 11.3. The highest BCUT2D eigenvalue weighted by molar-refractivity contribution is 5.77. The molecule has 0 saturated heterocycles. The van der Waals surface area contributed by atoms with Gasteiger partial charge in [-0.2, -0.15) is 5.10 Å². The number of nitrogens with zero attached hydrogens (tertiary/aromatic N) is 2. The number of carbonyl (C=O) groups excluding carboxylic acids is 1. The van der Waals surface area contributed by atoms with E-state index in [0.717, 1.165) is 5.69 Å². The van der Waals surface area contributed by atoms with Gasteiger partial charge in [-0.3, -0.25) is 9.48 Å². The quantitative estimate of drug-likeness (QED) is 0.689. The van der Waals surface area contributed by atoms with Gasteiger partial charge < -0.3 is 10.5 Å². The number of hydrogen-bond acceptors (Lipinski definition) is 4. The summed E-state index contributed by atoms with van der Waals surface area (Å²) >= 11 is 0. The van der Waals surface area contributed by atoms with Crippen LogP contribution in [0.3, 0.4) is 0 Å². The van der Waals surface area contributed by atoms with Crippen LogP contribution in [0.15, 0.2) is 6.07 Å².